The Bertz CT molecular complexity index is 1040. The van der Waals surface area contributed by atoms with Gasteiger partial charge in [-0.2, -0.15) is 9.50 Å². The number of esters is 1. The molecule has 12 heteroatoms. The molecule has 0 atom stereocenters. The standard InChI is InChI=1S/C20H29BrN6O5/c1-5-31-14(28)8-6-7-13-15(16(29)27-18(22-13)23-17(21)24-27)25-9-11-26(12-10-25)19(30)32-20(2,3)4/h5-12H2,1-4H3,(H,22,23,24). The Hall–Kier alpha value is -2.63. The number of carbonyl (C=O) groups excluding carboxylic acids is 2. The van der Waals surface area contributed by atoms with E-state index in [0.717, 1.165) is 0 Å². The summed E-state index contributed by atoms with van der Waals surface area (Å²) >= 11 is 3.24. The zero-order chi connectivity index (χ0) is 23.5. The lowest BCUT2D eigenvalue weighted by Gasteiger charge is -2.36. The second-order valence-corrected chi connectivity index (χ2v) is 9.23. The highest BCUT2D eigenvalue weighted by atomic mass is 79.9. The number of nitrogens with zero attached hydrogens (tertiary/aromatic N) is 5. The van der Waals surface area contributed by atoms with Crippen LogP contribution in [0.5, 0.6) is 0 Å². The van der Waals surface area contributed by atoms with Crippen LogP contribution in [0.25, 0.3) is 5.78 Å². The van der Waals surface area contributed by atoms with Gasteiger partial charge in [-0.1, -0.05) is 0 Å². The summed E-state index contributed by atoms with van der Waals surface area (Å²) in [5, 5.41) is 2.84. The third-order valence-electron chi connectivity index (χ3n) is 4.86. The summed E-state index contributed by atoms with van der Waals surface area (Å²) in [6.45, 7) is 9.34. The molecule has 0 unspecified atom stereocenters. The van der Waals surface area contributed by atoms with E-state index in [1.54, 1.807) is 11.8 Å². The minimum atomic E-state index is -0.567. The third kappa shape index (κ3) is 5.78. The quantitative estimate of drug-likeness (QED) is 0.583. The van der Waals surface area contributed by atoms with Crippen molar-refractivity contribution in [2.24, 2.45) is 0 Å². The van der Waals surface area contributed by atoms with E-state index < -0.39 is 5.60 Å². The van der Waals surface area contributed by atoms with Gasteiger partial charge in [-0.15, -0.1) is 0 Å². The number of amides is 1. The topological polar surface area (TPSA) is 122 Å². The first-order valence-corrected chi connectivity index (χ1v) is 11.4. The number of H-pyrrole nitrogens is 1. The van der Waals surface area contributed by atoms with Crippen molar-refractivity contribution in [2.45, 2.75) is 52.6 Å². The van der Waals surface area contributed by atoms with Crippen LogP contribution in [-0.4, -0.2) is 74.9 Å². The molecule has 0 spiro atoms. The average Bonchev–Trinajstić information content (AvgIpc) is 3.08. The highest BCUT2D eigenvalue weighted by Gasteiger charge is 2.29. The van der Waals surface area contributed by atoms with Crippen molar-refractivity contribution < 1.29 is 19.1 Å². The smallest absolute Gasteiger partial charge is 0.410 e. The lowest BCUT2D eigenvalue weighted by atomic mass is 10.1. The maximum absolute atomic E-state index is 13.3. The molecule has 11 nitrogen and oxygen atoms in total. The fraction of sp³-hybridized carbons (Fsp3) is 0.650. The number of hydrogen-bond donors (Lipinski definition) is 1. The summed E-state index contributed by atoms with van der Waals surface area (Å²) in [5.41, 5.74) is 0.183. The van der Waals surface area contributed by atoms with E-state index >= 15 is 0 Å². The van der Waals surface area contributed by atoms with E-state index in [0.29, 0.717) is 61.7 Å². The van der Waals surface area contributed by atoms with Crippen LogP contribution in [0, 0.1) is 0 Å². The van der Waals surface area contributed by atoms with Crippen LogP contribution in [0.3, 0.4) is 0 Å². The second kappa shape index (κ2) is 9.88. The van der Waals surface area contributed by atoms with Crippen molar-refractivity contribution in [3.8, 4) is 0 Å². The number of rotatable bonds is 6. The molecule has 32 heavy (non-hydrogen) atoms. The van der Waals surface area contributed by atoms with Gasteiger partial charge in [0, 0.05) is 32.6 Å². The monoisotopic (exact) mass is 512 g/mol. The van der Waals surface area contributed by atoms with Gasteiger partial charge in [0.1, 0.15) is 11.3 Å². The summed E-state index contributed by atoms with van der Waals surface area (Å²) in [5.74, 6) is -0.0236. The zero-order valence-corrected chi connectivity index (χ0v) is 20.4. The fourth-order valence-corrected chi connectivity index (χ4v) is 3.83. The number of carbonyl (C=O) groups is 2. The Morgan fingerprint density at radius 3 is 2.47 bits per heavy atom. The summed E-state index contributed by atoms with van der Waals surface area (Å²) in [6, 6.07) is 0. The number of piperazine rings is 1. The van der Waals surface area contributed by atoms with Gasteiger partial charge in [0.15, 0.2) is 4.73 Å². The number of aromatic nitrogens is 4. The molecule has 0 bridgehead atoms. The molecular formula is C20H29BrN6O5. The molecule has 1 aliphatic rings. The molecule has 1 fully saturated rings. The van der Waals surface area contributed by atoms with Crippen molar-refractivity contribution in [1.82, 2.24) is 24.5 Å². The molecule has 1 N–H and O–H groups in total. The van der Waals surface area contributed by atoms with E-state index in [4.69, 9.17) is 9.47 Å². The van der Waals surface area contributed by atoms with Crippen LogP contribution in [0.2, 0.25) is 0 Å². The molecule has 0 radical (unpaired) electrons. The van der Waals surface area contributed by atoms with E-state index in [1.807, 2.05) is 25.7 Å². The maximum atomic E-state index is 13.3. The minimum Gasteiger partial charge on any atom is -0.466 e. The normalized spacial score (nSPS) is 14.7. The Morgan fingerprint density at radius 2 is 1.84 bits per heavy atom. The molecule has 0 aliphatic carbocycles. The van der Waals surface area contributed by atoms with Crippen LogP contribution < -0.4 is 10.5 Å². The summed E-state index contributed by atoms with van der Waals surface area (Å²) < 4.78 is 12.1. The predicted molar refractivity (Wildman–Crippen MR) is 121 cm³/mol. The first-order chi connectivity index (χ1) is 15.1. The molecule has 2 aromatic rings. The van der Waals surface area contributed by atoms with Gasteiger partial charge in [0.2, 0.25) is 0 Å². The number of hydrogen-bond acceptors (Lipinski definition) is 8. The van der Waals surface area contributed by atoms with Gasteiger partial charge in [0.05, 0.1) is 12.3 Å². The Labute approximate surface area is 194 Å². The number of aryl methyl sites for hydroxylation is 1. The lowest BCUT2D eigenvalue weighted by Crippen LogP contribution is -2.51. The fourth-order valence-electron chi connectivity index (χ4n) is 3.49. The number of anilines is 1. The Kier molecular flexibility index (Phi) is 7.42. The van der Waals surface area contributed by atoms with Crippen molar-refractivity contribution in [3.63, 3.8) is 0 Å². The van der Waals surface area contributed by atoms with Crippen LogP contribution in [0.4, 0.5) is 10.5 Å². The van der Waals surface area contributed by atoms with Crippen molar-refractivity contribution in [2.75, 3.05) is 37.7 Å². The summed E-state index contributed by atoms with van der Waals surface area (Å²) in [6.07, 6.45) is 0.800. The van der Waals surface area contributed by atoms with Crippen molar-refractivity contribution in [3.05, 3.63) is 20.8 Å². The van der Waals surface area contributed by atoms with Gasteiger partial charge in [-0.25, -0.2) is 9.78 Å². The molecule has 3 heterocycles. The molecule has 2 aromatic heterocycles. The summed E-state index contributed by atoms with van der Waals surface area (Å²) in [4.78, 5) is 49.7. The van der Waals surface area contributed by atoms with Crippen LogP contribution in [0.15, 0.2) is 9.53 Å². The van der Waals surface area contributed by atoms with E-state index in [9.17, 15) is 14.4 Å². The number of fused-ring (bicyclic) bond motifs is 1. The Morgan fingerprint density at radius 1 is 1.16 bits per heavy atom. The van der Waals surface area contributed by atoms with Crippen molar-refractivity contribution in [1.29, 1.82) is 0 Å². The molecule has 1 amide bonds. The summed E-state index contributed by atoms with van der Waals surface area (Å²) in [7, 11) is 0. The average molecular weight is 513 g/mol. The highest BCUT2D eigenvalue weighted by Crippen LogP contribution is 2.21. The van der Waals surface area contributed by atoms with Gasteiger partial charge in [-0.05, 0) is 56.5 Å². The molecule has 0 aromatic carbocycles. The minimum absolute atomic E-state index is 0.241. The molecule has 1 saturated heterocycles. The molecule has 1 aliphatic heterocycles. The predicted octanol–water partition coefficient (Wildman–Crippen LogP) is 2.12. The molecule has 176 valence electrons. The van der Waals surface area contributed by atoms with Crippen LogP contribution in [-0.2, 0) is 20.7 Å². The van der Waals surface area contributed by atoms with Gasteiger partial charge < -0.3 is 19.3 Å². The molecule has 0 saturated carbocycles. The highest BCUT2D eigenvalue weighted by molar-refractivity contribution is 9.10. The SMILES string of the molecule is CCOC(=O)CCCc1nc2nc(Br)[nH]n2c(=O)c1N1CCN(C(=O)OC(C)(C)C)CC1. The maximum Gasteiger partial charge on any atom is 0.410 e. The van der Waals surface area contributed by atoms with Crippen molar-refractivity contribution >= 4 is 39.5 Å². The van der Waals surface area contributed by atoms with E-state index in [2.05, 4.69) is 31.0 Å². The largest absolute Gasteiger partial charge is 0.466 e. The second-order valence-electron chi connectivity index (χ2n) is 8.48. The number of ether oxygens (including phenoxy) is 2. The van der Waals surface area contributed by atoms with Gasteiger partial charge in [-0.3, -0.25) is 14.7 Å². The first kappa shape index (κ1) is 24.0. The third-order valence-corrected chi connectivity index (χ3v) is 5.22. The number of halogens is 1. The van der Waals surface area contributed by atoms with Crippen LogP contribution >= 0.6 is 15.9 Å². The molecule has 3 rings (SSSR count). The Balaban J connectivity index is 1.80. The zero-order valence-electron chi connectivity index (χ0n) is 18.8. The van der Waals surface area contributed by atoms with Gasteiger partial charge >= 0.3 is 12.1 Å². The molecular weight excluding hydrogens is 484 g/mol. The lowest BCUT2D eigenvalue weighted by molar-refractivity contribution is -0.143. The van der Waals surface area contributed by atoms with E-state index in [-0.39, 0.29) is 29.8 Å². The van der Waals surface area contributed by atoms with Gasteiger partial charge in [0.25, 0.3) is 11.3 Å². The number of nitrogens with one attached hydrogen (secondary N) is 1. The van der Waals surface area contributed by atoms with Crippen LogP contribution in [0.1, 0.15) is 46.2 Å². The number of aromatic amines is 1. The van der Waals surface area contributed by atoms with E-state index in [1.165, 1.54) is 4.52 Å². The first-order valence-electron chi connectivity index (χ1n) is 10.6.